The Morgan fingerprint density at radius 2 is 2.18 bits per heavy atom. The molecule has 0 bridgehead atoms. The van der Waals surface area contributed by atoms with Crippen LogP contribution >= 0.6 is 0 Å². The Hall–Kier alpha value is -2.28. The predicted molar refractivity (Wildman–Crippen MR) is 62.0 cm³/mol. The van der Waals surface area contributed by atoms with Crippen molar-refractivity contribution in [3.05, 3.63) is 42.1 Å². The van der Waals surface area contributed by atoms with Gasteiger partial charge in [0, 0.05) is 29.9 Å². The van der Waals surface area contributed by atoms with Crippen LogP contribution in [0.2, 0.25) is 0 Å². The largest absolute Gasteiger partial charge is 0.264 e. The Morgan fingerprint density at radius 3 is 2.82 bits per heavy atom. The molecule has 2 aromatic rings. The number of rotatable bonds is 2. The van der Waals surface area contributed by atoms with Crippen molar-refractivity contribution in [1.29, 1.82) is 5.26 Å². The summed E-state index contributed by atoms with van der Waals surface area (Å²) < 4.78 is 0. The molecule has 0 N–H and O–H groups in total. The van der Waals surface area contributed by atoms with Crippen molar-refractivity contribution in [2.75, 3.05) is 0 Å². The van der Waals surface area contributed by atoms with Crippen molar-refractivity contribution in [2.45, 2.75) is 18.8 Å². The monoisotopic (exact) mass is 222 g/mol. The summed E-state index contributed by atoms with van der Waals surface area (Å²) >= 11 is 0. The van der Waals surface area contributed by atoms with Gasteiger partial charge in [0.15, 0.2) is 0 Å². The Balaban J connectivity index is 2.10. The van der Waals surface area contributed by atoms with E-state index in [2.05, 4.69) is 21.0 Å². The van der Waals surface area contributed by atoms with E-state index in [9.17, 15) is 0 Å². The van der Waals surface area contributed by atoms with E-state index >= 15 is 0 Å². The van der Waals surface area contributed by atoms with Crippen LogP contribution in [0.25, 0.3) is 11.3 Å². The van der Waals surface area contributed by atoms with Crippen LogP contribution in [0, 0.1) is 11.3 Å². The van der Waals surface area contributed by atoms with E-state index in [0.29, 0.717) is 11.6 Å². The first-order chi connectivity index (χ1) is 8.36. The molecule has 2 aromatic heterocycles. The molecule has 0 aliphatic heterocycles. The smallest absolute Gasteiger partial charge is 0.144 e. The van der Waals surface area contributed by atoms with Gasteiger partial charge in [0.25, 0.3) is 0 Å². The summed E-state index contributed by atoms with van der Waals surface area (Å²) in [6.45, 7) is 0. The van der Waals surface area contributed by atoms with E-state index < -0.39 is 0 Å². The molecule has 82 valence electrons. The van der Waals surface area contributed by atoms with Gasteiger partial charge in [0.05, 0.1) is 5.69 Å². The highest BCUT2D eigenvalue weighted by molar-refractivity contribution is 5.58. The van der Waals surface area contributed by atoms with Crippen LogP contribution < -0.4 is 0 Å². The van der Waals surface area contributed by atoms with Gasteiger partial charge < -0.3 is 0 Å². The molecule has 0 radical (unpaired) electrons. The van der Waals surface area contributed by atoms with Crippen molar-refractivity contribution >= 4 is 0 Å². The Kier molecular flexibility index (Phi) is 2.30. The first-order valence-electron chi connectivity index (χ1n) is 5.56. The lowest BCUT2D eigenvalue weighted by Crippen LogP contribution is -1.98. The zero-order chi connectivity index (χ0) is 11.7. The summed E-state index contributed by atoms with van der Waals surface area (Å²) in [5.41, 5.74) is 2.14. The summed E-state index contributed by atoms with van der Waals surface area (Å²) in [5.74, 6) is 1.24. The third-order valence-corrected chi connectivity index (χ3v) is 2.76. The van der Waals surface area contributed by atoms with E-state index in [-0.39, 0.29) is 0 Å². The predicted octanol–water partition coefficient (Wildman–Crippen LogP) is 2.29. The molecular weight excluding hydrogens is 212 g/mol. The van der Waals surface area contributed by atoms with Crippen molar-refractivity contribution in [2.24, 2.45) is 0 Å². The number of nitrogens with zero attached hydrogens (tertiary/aromatic N) is 4. The lowest BCUT2D eigenvalue weighted by Gasteiger charge is -2.03. The van der Waals surface area contributed by atoms with Gasteiger partial charge in [0.2, 0.25) is 0 Å². The summed E-state index contributed by atoms with van der Waals surface area (Å²) in [4.78, 5) is 12.8. The second-order valence-corrected chi connectivity index (χ2v) is 4.12. The van der Waals surface area contributed by atoms with E-state index in [1.54, 1.807) is 18.5 Å². The van der Waals surface area contributed by atoms with E-state index in [0.717, 1.165) is 29.9 Å². The van der Waals surface area contributed by atoms with Crippen LogP contribution in [0.3, 0.4) is 0 Å². The van der Waals surface area contributed by atoms with Crippen molar-refractivity contribution in [1.82, 2.24) is 15.0 Å². The van der Waals surface area contributed by atoms with Gasteiger partial charge in [-0.2, -0.15) is 5.26 Å². The SMILES string of the molecule is N#Cc1cc(-c2cccnc2)nc(C2CC2)n1. The standard InChI is InChI=1S/C13H10N4/c14-7-11-6-12(10-2-1-5-15-8-10)17-13(16-11)9-3-4-9/h1-2,5-6,8-9H,3-4H2. The van der Waals surface area contributed by atoms with Gasteiger partial charge >= 0.3 is 0 Å². The number of aromatic nitrogens is 3. The third-order valence-electron chi connectivity index (χ3n) is 2.76. The second kappa shape index (κ2) is 3.95. The molecule has 2 heterocycles. The Bertz CT molecular complexity index is 582. The van der Waals surface area contributed by atoms with Crippen LogP contribution in [0.4, 0.5) is 0 Å². The average Bonchev–Trinajstić information content (AvgIpc) is 3.23. The molecule has 1 aliphatic carbocycles. The number of hydrogen-bond acceptors (Lipinski definition) is 4. The molecule has 3 rings (SSSR count). The van der Waals surface area contributed by atoms with E-state index in [1.165, 1.54) is 0 Å². The zero-order valence-corrected chi connectivity index (χ0v) is 9.17. The minimum atomic E-state index is 0.431. The lowest BCUT2D eigenvalue weighted by molar-refractivity contribution is 0.921. The summed E-state index contributed by atoms with van der Waals surface area (Å²) in [6.07, 6.45) is 5.72. The van der Waals surface area contributed by atoms with Gasteiger partial charge in [0.1, 0.15) is 17.6 Å². The summed E-state index contributed by atoms with van der Waals surface area (Å²) in [7, 11) is 0. The maximum atomic E-state index is 8.98. The van der Waals surface area contributed by atoms with Crippen LogP contribution in [0.5, 0.6) is 0 Å². The minimum Gasteiger partial charge on any atom is -0.264 e. The lowest BCUT2D eigenvalue weighted by atomic mass is 10.2. The molecule has 17 heavy (non-hydrogen) atoms. The number of pyridine rings is 1. The molecule has 0 atom stereocenters. The zero-order valence-electron chi connectivity index (χ0n) is 9.17. The van der Waals surface area contributed by atoms with Crippen molar-refractivity contribution < 1.29 is 0 Å². The highest BCUT2D eigenvalue weighted by Crippen LogP contribution is 2.38. The molecule has 1 aliphatic rings. The molecule has 0 aromatic carbocycles. The maximum absolute atomic E-state index is 8.98. The number of hydrogen-bond donors (Lipinski definition) is 0. The van der Waals surface area contributed by atoms with Crippen LogP contribution in [-0.2, 0) is 0 Å². The fourth-order valence-electron chi connectivity index (χ4n) is 1.71. The van der Waals surface area contributed by atoms with Gasteiger partial charge in [-0.1, -0.05) is 0 Å². The van der Waals surface area contributed by atoms with Crippen molar-refractivity contribution in [3.8, 4) is 17.3 Å². The van der Waals surface area contributed by atoms with Gasteiger partial charge in [-0.05, 0) is 25.0 Å². The fraction of sp³-hybridized carbons (Fsp3) is 0.231. The maximum Gasteiger partial charge on any atom is 0.144 e. The Morgan fingerprint density at radius 1 is 1.29 bits per heavy atom. The van der Waals surface area contributed by atoms with Gasteiger partial charge in [-0.25, -0.2) is 9.97 Å². The number of nitriles is 1. The quantitative estimate of drug-likeness (QED) is 0.782. The van der Waals surface area contributed by atoms with E-state index in [1.807, 2.05) is 12.1 Å². The third kappa shape index (κ3) is 2.00. The van der Waals surface area contributed by atoms with Gasteiger partial charge in [-0.3, -0.25) is 4.98 Å². The molecule has 0 saturated heterocycles. The first kappa shape index (κ1) is 9.91. The topological polar surface area (TPSA) is 62.5 Å². The normalized spacial score (nSPS) is 14.3. The summed E-state index contributed by atoms with van der Waals surface area (Å²) in [6, 6.07) is 7.60. The van der Waals surface area contributed by atoms with E-state index in [4.69, 9.17) is 5.26 Å². The summed E-state index contributed by atoms with van der Waals surface area (Å²) in [5, 5.41) is 8.98. The fourth-order valence-corrected chi connectivity index (χ4v) is 1.71. The minimum absolute atomic E-state index is 0.431. The highest BCUT2D eigenvalue weighted by Gasteiger charge is 2.27. The highest BCUT2D eigenvalue weighted by atomic mass is 14.9. The molecule has 0 spiro atoms. The second-order valence-electron chi connectivity index (χ2n) is 4.12. The Labute approximate surface area is 99.0 Å². The molecule has 0 unspecified atom stereocenters. The van der Waals surface area contributed by atoms with Crippen LogP contribution in [0.15, 0.2) is 30.6 Å². The first-order valence-corrected chi connectivity index (χ1v) is 5.56. The van der Waals surface area contributed by atoms with Crippen molar-refractivity contribution in [3.63, 3.8) is 0 Å². The molecule has 1 fully saturated rings. The molecule has 1 saturated carbocycles. The average molecular weight is 222 g/mol. The molecule has 0 amide bonds. The van der Waals surface area contributed by atoms with Crippen LogP contribution in [0.1, 0.15) is 30.3 Å². The molecule has 4 heteroatoms. The molecular formula is C13H10N4. The van der Waals surface area contributed by atoms with Crippen LogP contribution in [-0.4, -0.2) is 15.0 Å². The molecule has 4 nitrogen and oxygen atoms in total. The van der Waals surface area contributed by atoms with Gasteiger partial charge in [-0.15, -0.1) is 0 Å².